The summed E-state index contributed by atoms with van der Waals surface area (Å²) < 4.78 is 0. The minimum absolute atomic E-state index is 0.0983. The van der Waals surface area contributed by atoms with Crippen molar-refractivity contribution in [3.8, 4) is 11.3 Å². The summed E-state index contributed by atoms with van der Waals surface area (Å²) in [4.78, 5) is 48.5. The van der Waals surface area contributed by atoms with Gasteiger partial charge in [-0.3, -0.25) is 14.7 Å². The molecule has 0 radical (unpaired) electrons. The van der Waals surface area contributed by atoms with Crippen molar-refractivity contribution >= 4 is 35.0 Å². The molecular weight excluding hydrogens is 450 g/mol. The number of hydrogen-bond acceptors (Lipinski definition) is 5. The molecule has 2 aliphatic heterocycles. The van der Waals surface area contributed by atoms with E-state index in [0.717, 1.165) is 17.5 Å². The predicted octanol–water partition coefficient (Wildman–Crippen LogP) is 3.85. The van der Waals surface area contributed by atoms with Crippen LogP contribution in [0.1, 0.15) is 17.9 Å². The maximum absolute atomic E-state index is 13.2. The van der Waals surface area contributed by atoms with E-state index in [1.807, 2.05) is 53.2 Å². The van der Waals surface area contributed by atoms with E-state index in [2.05, 4.69) is 10.3 Å². The van der Waals surface area contributed by atoms with Crippen molar-refractivity contribution in [3.63, 3.8) is 0 Å². The van der Waals surface area contributed by atoms with Crippen molar-refractivity contribution in [2.75, 3.05) is 25.0 Å². The number of anilines is 1. The highest BCUT2D eigenvalue weighted by atomic mass is 32.1. The largest absolute Gasteiger partial charge is 0.327 e. The molecule has 1 N–H and O–H groups in total. The normalized spacial score (nSPS) is 23.8. The van der Waals surface area contributed by atoms with Gasteiger partial charge in [-0.15, -0.1) is 0 Å². The van der Waals surface area contributed by atoms with E-state index < -0.39 is 6.04 Å². The van der Waals surface area contributed by atoms with Gasteiger partial charge >= 0.3 is 12.1 Å². The number of aromatic nitrogens is 1. The third-order valence-corrected chi connectivity index (χ3v) is 7.49. The molecule has 6 rings (SSSR count). The molecule has 1 aliphatic carbocycles. The highest BCUT2D eigenvalue weighted by Gasteiger charge is 2.56. The Balaban J connectivity index is 1.15. The van der Waals surface area contributed by atoms with Gasteiger partial charge in [-0.2, -0.15) is 11.3 Å². The molecule has 3 fully saturated rings. The standard InChI is InChI=1S/C25H23N5O3S/c31-23-21-14-28(24(32)27-19-7-4-9-26-22(19)17-8-12-34-15-17)10-11-29(21)25(33)30(23)20-13-18(20)16-5-2-1-3-6-16/h1-9,12,15,18,20-21H,10-11,13-14H2,(H,27,32)/t18-,20+,21?/m0/s1. The van der Waals surface area contributed by atoms with Crippen LogP contribution in [0, 0.1) is 0 Å². The quantitative estimate of drug-likeness (QED) is 0.584. The number of fused-ring (bicyclic) bond motifs is 1. The lowest BCUT2D eigenvalue weighted by Gasteiger charge is -2.35. The van der Waals surface area contributed by atoms with Gasteiger partial charge in [0.05, 0.1) is 17.9 Å². The van der Waals surface area contributed by atoms with Gasteiger partial charge in [0.1, 0.15) is 6.04 Å². The average molecular weight is 474 g/mol. The van der Waals surface area contributed by atoms with Gasteiger partial charge in [0.25, 0.3) is 5.91 Å². The summed E-state index contributed by atoms with van der Waals surface area (Å²) in [7, 11) is 0. The van der Waals surface area contributed by atoms with E-state index >= 15 is 0 Å². The first-order valence-electron chi connectivity index (χ1n) is 11.3. The van der Waals surface area contributed by atoms with Gasteiger partial charge in [0.2, 0.25) is 0 Å². The Bertz CT molecular complexity index is 1250. The number of hydrogen-bond donors (Lipinski definition) is 1. The van der Waals surface area contributed by atoms with Crippen molar-refractivity contribution in [3.05, 3.63) is 71.1 Å². The fourth-order valence-corrected chi connectivity index (χ4v) is 5.60. The van der Waals surface area contributed by atoms with Crippen LogP contribution in [0.25, 0.3) is 11.3 Å². The van der Waals surface area contributed by atoms with Crippen molar-refractivity contribution in [2.24, 2.45) is 0 Å². The number of urea groups is 2. The first kappa shape index (κ1) is 20.9. The molecular formula is C25H23N5O3S. The maximum Gasteiger partial charge on any atom is 0.327 e. The number of nitrogens with zero attached hydrogens (tertiary/aromatic N) is 4. The second-order valence-corrected chi connectivity index (χ2v) is 9.59. The summed E-state index contributed by atoms with van der Waals surface area (Å²) in [5, 5.41) is 6.89. The molecule has 34 heavy (non-hydrogen) atoms. The number of piperazine rings is 1. The van der Waals surface area contributed by atoms with Crippen LogP contribution in [0.5, 0.6) is 0 Å². The van der Waals surface area contributed by atoms with Gasteiger partial charge in [0, 0.05) is 42.2 Å². The lowest BCUT2D eigenvalue weighted by molar-refractivity contribution is -0.129. The monoisotopic (exact) mass is 473 g/mol. The number of nitrogens with one attached hydrogen (secondary N) is 1. The average Bonchev–Trinajstić information content (AvgIpc) is 3.36. The Morgan fingerprint density at radius 1 is 1.06 bits per heavy atom. The third-order valence-electron chi connectivity index (χ3n) is 6.80. The van der Waals surface area contributed by atoms with Crippen LogP contribution in [0.3, 0.4) is 0 Å². The summed E-state index contributed by atoms with van der Waals surface area (Å²) in [6.45, 7) is 0.895. The van der Waals surface area contributed by atoms with E-state index in [9.17, 15) is 14.4 Å². The smallest absolute Gasteiger partial charge is 0.320 e. The number of carbonyl (C=O) groups is 3. The van der Waals surface area contributed by atoms with E-state index in [4.69, 9.17) is 0 Å². The van der Waals surface area contributed by atoms with Crippen LogP contribution in [0.2, 0.25) is 0 Å². The summed E-state index contributed by atoms with van der Waals surface area (Å²) >= 11 is 1.56. The zero-order chi connectivity index (χ0) is 23.2. The van der Waals surface area contributed by atoms with E-state index in [1.54, 1.807) is 33.4 Å². The molecule has 0 bridgehead atoms. The topological polar surface area (TPSA) is 85.8 Å². The molecule has 0 spiro atoms. The van der Waals surface area contributed by atoms with Gasteiger partial charge in [0.15, 0.2) is 0 Å². The molecule has 2 saturated heterocycles. The minimum atomic E-state index is -0.630. The molecule has 1 unspecified atom stereocenters. The molecule has 1 aromatic carbocycles. The zero-order valence-corrected chi connectivity index (χ0v) is 19.1. The second kappa shape index (κ2) is 8.25. The van der Waals surface area contributed by atoms with Crippen LogP contribution >= 0.6 is 11.3 Å². The number of thiophene rings is 1. The summed E-state index contributed by atoms with van der Waals surface area (Å²) in [6.07, 6.45) is 2.48. The van der Waals surface area contributed by atoms with Gasteiger partial charge in [-0.25, -0.2) is 9.59 Å². The Morgan fingerprint density at radius 3 is 2.71 bits per heavy atom. The van der Waals surface area contributed by atoms with Crippen molar-refractivity contribution in [1.82, 2.24) is 19.7 Å². The summed E-state index contributed by atoms with van der Waals surface area (Å²) in [5.41, 5.74) is 3.41. The molecule has 1 saturated carbocycles. The number of imide groups is 1. The Labute approximate surface area is 200 Å². The molecule has 8 nitrogen and oxygen atoms in total. The summed E-state index contributed by atoms with van der Waals surface area (Å²) in [6, 6.07) is 14.3. The number of amides is 5. The fourth-order valence-electron chi connectivity index (χ4n) is 4.96. The molecule has 172 valence electrons. The van der Waals surface area contributed by atoms with Gasteiger partial charge in [-0.1, -0.05) is 30.3 Å². The first-order valence-corrected chi connectivity index (χ1v) is 12.3. The predicted molar refractivity (Wildman–Crippen MR) is 128 cm³/mol. The molecule has 9 heteroatoms. The minimum Gasteiger partial charge on any atom is -0.320 e. The lowest BCUT2D eigenvalue weighted by Crippen LogP contribution is -2.55. The molecule has 3 aromatic rings. The SMILES string of the molecule is O=C(Nc1cccnc1-c1ccsc1)N1CCN2C(=O)N([C@@H]3C[C@H]3c3ccccc3)C(=O)C2C1. The molecule has 3 atom stereocenters. The van der Waals surface area contributed by atoms with Crippen molar-refractivity contribution in [2.45, 2.75) is 24.4 Å². The highest BCUT2D eigenvalue weighted by Crippen LogP contribution is 2.46. The molecule has 5 amide bonds. The number of benzene rings is 1. The van der Waals surface area contributed by atoms with Crippen LogP contribution in [0.15, 0.2) is 65.5 Å². The summed E-state index contributed by atoms with van der Waals surface area (Å²) in [5.74, 6) is -0.0118. The van der Waals surface area contributed by atoms with Gasteiger partial charge in [-0.05, 0) is 35.6 Å². The van der Waals surface area contributed by atoms with Crippen LogP contribution in [0.4, 0.5) is 15.3 Å². The Kier molecular flexibility index (Phi) is 5.06. The van der Waals surface area contributed by atoms with Crippen molar-refractivity contribution < 1.29 is 14.4 Å². The highest BCUT2D eigenvalue weighted by molar-refractivity contribution is 7.08. The fraction of sp³-hybridized carbons (Fsp3) is 0.280. The van der Waals surface area contributed by atoms with E-state index in [-0.39, 0.29) is 36.5 Å². The molecule has 3 aliphatic rings. The number of pyridine rings is 1. The van der Waals surface area contributed by atoms with Crippen molar-refractivity contribution in [1.29, 1.82) is 0 Å². The van der Waals surface area contributed by atoms with Gasteiger partial charge < -0.3 is 15.1 Å². The number of rotatable bonds is 4. The molecule has 4 heterocycles. The Hall–Kier alpha value is -3.72. The van der Waals surface area contributed by atoms with Crippen LogP contribution < -0.4 is 5.32 Å². The third kappa shape index (κ3) is 3.52. The molecule has 2 aromatic heterocycles. The van der Waals surface area contributed by atoms with Crippen LogP contribution in [-0.4, -0.2) is 69.4 Å². The van der Waals surface area contributed by atoms with E-state index in [1.165, 1.54) is 4.90 Å². The zero-order valence-electron chi connectivity index (χ0n) is 18.3. The van der Waals surface area contributed by atoms with E-state index in [0.29, 0.717) is 24.5 Å². The Morgan fingerprint density at radius 2 is 1.91 bits per heavy atom. The first-order chi connectivity index (χ1) is 16.6. The lowest BCUT2D eigenvalue weighted by atomic mass is 10.1. The number of carbonyl (C=O) groups excluding carboxylic acids is 3. The maximum atomic E-state index is 13.2. The second-order valence-electron chi connectivity index (χ2n) is 8.81. The van der Waals surface area contributed by atoms with Crippen LogP contribution in [-0.2, 0) is 4.79 Å².